The molecule has 0 amide bonds. The van der Waals surface area contributed by atoms with E-state index in [-0.39, 0.29) is 0 Å². The summed E-state index contributed by atoms with van der Waals surface area (Å²) in [5, 5.41) is 0. The third-order valence-corrected chi connectivity index (χ3v) is 3.43. The largest absolute Gasteiger partial charge is 0.308 e. The lowest BCUT2D eigenvalue weighted by molar-refractivity contribution is 1.02. The summed E-state index contributed by atoms with van der Waals surface area (Å²) in [7, 11) is 0. The molecule has 0 heterocycles. The summed E-state index contributed by atoms with van der Waals surface area (Å²) in [4.78, 5) is 4.48. The van der Waals surface area contributed by atoms with Crippen molar-refractivity contribution in [3.05, 3.63) is 64.1 Å². The van der Waals surface area contributed by atoms with Gasteiger partial charge in [0.2, 0.25) is 0 Å². The highest BCUT2D eigenvalue weighted by Crippen LogP contribution is 2.19. The Kier molecular flexibility index (Phi) is 4.12. The van der Waals surface area contributed by atoms with E-state index in [1.807, 2.05) is 55.5 Å². The van der Waals surface area contributed by atoms with Crippen molar-refractivity contribution >= 4 is 27.5 Å². The van der Waals surface area contributed by atoms with Crippen LogP contribution in [0.3, 0.4) is 0 Å². The first-order valence-electron chi connectivity index (χ1n) is 5.57. The number of aryl methyl sites for hydroxylation is 1. The molecular formula is C14H14BrN3. The molecule has 0 fully saturated rings. The zero-order valence-corrected chi connectivity index (χ0v) is 11.6. The van der Waals surface area contributed by atoms with Crippen molar-refractivity contribution in [2.24, 2.45) is 10.8 Å². The van der Waals surface area contributed by atoms with Gasteiger partial charge >= 0.3 is 0 Å². The number of hydrogen-bond acceptors (Lipinski definition) is 2. The Hall–Kier alpha value is -1.65. The average molecular weight is 304 g/mol. The second kappa shape index (κ2) is 5.80. The summed E-state index contributed by atoms with van der Waals surface area (Å²) in [5.41, 5.74) is 5.62. The molecular weight excluding hydrogens is 290 g/mol. The second-order valence-electron chi connectivity index (χ2n) is 3.90. The first-order valence-corrected chi connectivity index (χ1v) is 6.37. The Morgan fingerprint density at radius 1 is 1.17 bits per heavy atom. The maximum absolute atomic E-state index is 5.54. The van der Waals surface area contributed by atoms with Gasteiger partial charge in [0.25, 0.3) is 0 Å². The van der Waals surface area contributed by atoms with Gasteiger partial charge < -0.3 is 5.43 Å². The SMILES string of the molecule is Cc1ccc(C(=Nc2ccccc2)NN)cc1Br. The van der Waals surface area contributed by atoms with E-state index >= 15 is 0 Å². The molecule has 92 valence electrons. The second-order valence-corrected chi connectivity index (χ2v) is 4.76. The maximum Gasteiger partial charge on any atom is 0.147 e. The van der Waals surface area contributed by atoms with E-state index < -0.39 is 0 Å². The van der Waals surface area contributed by atoms with Crippen molar-refractivity contribution in [1.29, 1.82) is 0 Å². The Labute approximate surface area is 115 Å². The predicted octanol–water partition coefficient (Wildman–Crippen LogP) is 3.30. The van der Waals surface area contributed by atoms with E-state index in [2.05, 4.69) is 26.3 Å². The number of benzene rings is 2. The Bertz CT molecular complexity index is 565. The zero-order valence-electron chi connectivity index (χ0n) is 10.0. The van der Waals surface area contributed by atoms with Crippen LogP contribution in [-0.4, -0.2) is 5.84 Å². The number of amidine groups is 1. The van der Waals surface area contributed by atoms with Gasteiger partial charge in [-0.3, -0.25) is 0 Å². The van der Waals surface area contributed by atoms with Crippen molar-refractivity contribution in [3.8, 4) is 0 Å². The Balaban J connectivity index is 2.39. The number of nitrogens with one attached hydrogen (secondary N) is 1. The van der Waals surface area contributed by atoms with Gasteiger partial charge in [0, 0.05) is 10.0 Å². The van der Waals surface area contributed by atoms with Crippen LogP contribution in [0, 0.1) is 6.92 Å². The first-order chi connectivity index (χ1) is 8.70. The molecule has 0 spiro atoms. The number of nitrogens with zero attached hydrogens (tertiary/aromatic N) is 1. The van der Waals surface area contributed by atoms with Crippen LogP contribution in [0.2, 0.25) is 0 Å². The van der Waals surface area contributed by atoms with Gasteiger partial charge in [-0.1, -0.05) is 46.3 Å². The molecule has 0 aliphatic carbocycles. The van der Waals surface area contributed by atoms with Gasteiger partial charge in [0.05, 0.1) is 5.69 Å². The number of nitrogens with two attached hydrogens (primary N) is 1. The molecule has 0 atom stereocenters. The number of halogens is 1. The van der Waals surface area contributed by atoms with Crippen LogP contribution < -0.4 is 11.3 Å². The van der Waals surface area contributed by atoms with Crippen LogP contribution in [-0.2, 0) is 0 Å². The molecule has 0 aromatic heterocycles. The van der Waals surface area contributed by atoms with Crippen molar-refractivity contribution in [3.63, 3.8) is 0 Å². The predicted molar refractivity (Wildman–Crippen MR) is 78.8 cm³/mol. The molecule has 3 N–H and O–H groups in total. The fourth-order valence-corrected chi connectivity index (χ4v) is 1.93. The van der Waals surface area contributed by atoms with Crippen LogP contribution in [0.5, 0.6) is 0 Å². The van der Waals surface area contributed by atoms with Crippen LogP contribution >= 0.6 is 15.9 Å². The Morgan fingerprint density at radius 3 is 2.50 bits per heavy atom. The molecule has 0 radical (unpaired) electrons. The smallest absolute Gasteiger partial charge is 0.147 e. The van der Waals surface area contributed by atoms with Crippen LogP contribution in [0.25, 0.3) is 0 Å². The molecule has 4 heteroatoms. The Morgan fingerprint density at radius 2 is 1.89 bits per heavy atom. The minimum Gasteiger partial charge on any atom is -0.308 e. The van der Waals surface area contributed by atoms with Gasteiger partial charge in [-0.05, 0) is 30.7 Å². The third kappa shape index (κ3) is 2.97. The van der Waals surface area contributed by atoms with Gasteiger partial charge in [-0.2, -0.15) is 0 Å². The molecule has 3 nitrogen and oxygen atoms in total. The normalized spacial score (nSPS) is 11.4. The van der Waals surface area contributed by atoms with E-state index in [1.165, 1.54) is 5.56 Å². The highest BCUT2D eigenvalue weighted by Gasteiger charge is 2.04. The fourth-order valence-electron chi connectivity index (χ4n) is 1.55. The first kappa shape index (κ1) is 12.8. The molecule has 0 aliphatic rings. The quantitative estimate of drug-likeness (QED) is 0.387. The minimum atomic E-state index is 0.641. The highest BCUT2D eigenvalue weighted by atomic mass is 79.9. The highest BCUT2D eigenvalue weighted by molar-refractivity contribution is 9.10. The lowest BCUT2D eigenvalue weighted by Crippen LogP contribution is -2.30. The fraction of sp³-hybridized carbons (Fsp3) is 0.0714. The maximum atomic E-state index is 5.54. The van der Waals surface area contributed by atoms with Gasteiger partial charge in [-0.15, -0.1) is 0 Å². The van der Waals surface area contributed by atoms with Crippen molar-refractivity contribution in [1.82, 2.24) is 5.43 Å². The van der Waals surface area contributed by atoms with Gasteiger partial charge in [-0.25, -0.2) is 10.8 Å². The van der Waals surface area contributed by atoms with E-state index in [9.17, 15) is 0 Å². The van der Waals surface area contributed by atoms with Crippen LogP contribution in [0.1, 0.15) is 11.1 Å². The summed E-state index contributed by atoms with van der Waals surface area (Å²) < 4.78 is 1.04. The summed E-state index contributed by atoms with van der Waals surface area (Å²) >= 11 is 3.51. The molecule has 18 heavy (non-hydrogen) atoms. The standard InChI is InChI=1S/C14H14BrN3/c1-10-7-8-11(9-13(10)15)14(18-16)17-12-5-3-2-4-6-12/h2-9H,16H2,1H3,(H,17,18). The summed E-state index contributed by atoms with van der Waals surface area (Å²) in [6.07, 6.45) is 0. The van der Waals surface area contributed by atoms with Gasteiger partial charge in [0.1, 0.15) is 5.84 Å². The van der Waals surface area contributed by atoms with E-state index in [0.29, 0.717) is 5.84 Å². The molecule has 2 aromatic rings. The molecule has 0 aliphatic heterocycles. The van der Waals surface area contributed by atoms with Crippen molar-refractivity contribution < 1.29 is 0 Å². The van der Waals surface area contributed by atoms with E-state index in [4.69, 9.17) is 5.84 Å². The molecule has 2 rings (SSSR count). The molecule has 0 bridgehead atoms. The molecule has 0 saturated heterocycles. The van der Waals surface area contributed by atoms with E-state index in [0.717, 1.165) is 15.7 Å². The third-order valence-electron chi connectivity index (χ3n) is 2.58. The van der Waals surface area contributed by atoms with Gasteiger partial charge in [0.15, 0.2) is 0 Å². The van der Waals surface area contributed by atoms with Crippen molar-refractivity contribution in [2.45, 2.75) is 6.92 Å². The summed E-state index contributed by atoms with van der Waals surface area (Å²) in [6.45, 7) is 2.04. The average Bonchev–Trinajstić information content (AvgIpc) is 2.40. The molecule has 0 unspecified atom stereocenters. The monoisotopic (exact) mass is 303 g/mol. The number of para-hydroxylation sites is 1. The van der Waals surface area contributed by atoms with Crippen LogP contribution in [0.15, 0.2) is 58.0 Å². The molecule has 2 aromatic carbocycles. The van der Waals surface area contributed by atoms with Crippen LogP contribution in [0.4, 0.5) is 5.69 Å². The number of rotatable bonds is 2. The topological polar surface area (TPSA) is 50.4 Å². The lowest BCUT2D eigenvalue weighted by atomic mass is 10.1. The number of aliphatic imine (C=N–C) groups is 1. The number of hydrogen-bond donors (Lipinski definition) is 2. The summed E-state index contributed by atoms with van der Waals surface area (Å²) in [6, 6.07) is 15.7. The minimum absolute atomic E-state index is 0.641. The zero-order chi connectivity index (χ0) is 13.0. The lowest BCUT2D eigenvalue weighted by Gasteiger charge is -2.07. The molecule has 0 saturated carbocycles. The summed E-state index contributed by atoms with van der Waals surface area (Å²) in [5.74, 6) is 6.19. The number of hydrazine groups is 1. The van der Waals surface area contributed by atoms with Crippen molar-refractivity contribution in [2.75, 3.05) is 0 Å². The van der Waals surface area contributed by atoms with E-state index in [1.54, 1.807) is 0 Å².